The Kier molecular flexibility index (Phi) is 5.80. The van der Waals surface area contributed by atoms with Crippen molar-refractivity contribution >= 4 is 23.8 Å². The van der Waals surface area contributed by atoms with Crippen LogP contribution in [-0.4, -0.2) is 47.5 Å². The van der Waals surface area contributed by atoms with Crippen LogP contribution in [0, 0.1) is 0 Å². The molecule has 0 heterocycles. The van der Waals surface area contributed by atoms with E-state index in [0.717, 1.165) is 22.3 Å². The SMILES string of the molecule is CSCN(CC(=O)O)NC(=O)OCC1c2ccccc2-c2ccccc21. The van der Waals surface area contributed by atoms with Gasteiger partial charge in [-0.25, -0.2) is 4.79 Å². The number of carboxylic acids is 1. The third-order valence-electron chi connectivity index (χ3n) is 4.20. The second-order valence-corrected chi connectivity index (χ2v) is 6.78. The highest BCUT2D eigenvalue weighted by Gasteiger charge is 2.29. The van der Waals surface area contributed by atoms with Crippen molar-refractivity contribution in [2.24, 2.45) is 0 Å². The highest BCUT2D eigenvalue weighted by molar-refractivity contribution is 7.98. The lowest BCUT2D eigenvalue weighted by Crippen LogP contribution is -2.45. The second kappa shape index (κ2) is 8.25. The fourth-order valence-corrected chi connectivity index (χ4v) is 3.66. The molecule has 2 aromatic rings. The second-order valence-electron chi connectivity index (χ2n) is 5.95. The van der Waals surface area contributed by atoms with Crippen molar-refractivity contribution < 1.29 is 19.4 Å². The van der Waals surface area contributed by atoms with E-state index in [1.54, 1.807) is 0 Å². The maximum absolute atomic E-state index is 12.1. The summed E-state index contributed by atoms with van der Waals surface area (Å²) in [6.45, 7) is -0.0922. The van der Waals surface area contributed by atoms with Gasteiger partial charge in [0.05, 0.1) is 5.88 Å². The molecule has 2 aromatic carbocycles. The predicted molar refractivity (Wildman–Crippen MR) is 101 cm³/mol. The number of ether oxygens (including phenoxy) is 1. The van der Waals surface area contributed by atoms with Gasteiger partial charge in [-0.2, -0.15) is 5.01 Å². The van der Waals surface area contributed by atoms with E-state index in [0.29, 0.717) is 5.88 Å². The number of rotatable bonds is 7. The number of amides is 1. The minimum absolute atomic E-state index is 0.0263. The molecule has 136 valence electrons. The van der Waals surface area contributed by atoms with E-state index in [9.17, 15) is 9.59 Å². The Morgan fingerprint density at radius 1 is 1.12 bits per heavy atom. The van der Waals surface area contributed by atoms with Gasteiger partial charge in [0.15, 0.2) is 0 Å². The zero-order chi connectivity index (χ0) is 18.5. The van der Waals surface area contributed by atoms with Crippen LogP contribution in [-0.2, 0) is 9.53 Å². The molecule has 0 radical (unpaired) electrons. The summed E-state index contributed by atoms with van der Waals surface area (Å²) in [4.78, 5) is 23.0. The zero-order valence-electron chi connectivity index (χ0n) is 14.3. The first-order valence-electron chi connectivity index (χ1n) is 8.17. The number of benzene rings is 2. The molecule has 1 aliphatic carbocycles. The highest BCUT2D eigenvalue weighted by atomic mass is 32.2. The Balaban J connectivity index is 1.68. The summed E-state index contributed by atoms with van der Waals surface area (Å²) in [6.07, 6.45) is 1.18. The molecule has 0 aromatic heterocycles. The first-order valence-corrected chi connectivity index (χ1v) is 9.57. The molecule has 0 unspecified atom stereocenters. The van der Waals surface area contributed by atoms with Gasteiger partial charge in [0.2, 0.25) is 0 Å². The van der Waals surface area contributed by atoms with E-state index in [4.69, 9.17) is 9.84 Å². The van der Waals surface area contributed by atoms with Crippen LogP contribution in [0.2, 0.25) is 0 Å². The largest absolute Gasteiger partial charge is 0.480 e. The van der Waals surface area contributed by atoms with Crippen LogP contribution in [0.25, 0.3) is 11.1 Å². The molecule has 6 nitrogen and oxygen atoms in total. The number of carbonyl (C=O) groups excluding carboxylic acids is 1. The molecule has 26 heavy (non-hydrogen) atoms. The normalized spacial score (nSPS) is 12.5. The molecule has 7 heteroatoms. The van der Waals surface area contributed by atoms with Gasteiger partial charge >= 0.3 is 12.1 Å². The Morgan fingerprint density at radius 2 is 1.69 bits per heavy atom. The fourth-order valence-electron chi connectivity index (χ4n) is 3.20. The molecular formula is C19H20N2O4S. The summed E-state index contributed by atoms with van der Waals surface area (Å²) in [6, 6.07) is 16.2. The number of fused-ring (bicyclic) bond motifs is 3. The average molecular weight is 372 g/mol. The van der Waals surface area contributed by atoms with Crippen molar-refractivity contribution in [1.29, 1.82) is 0 Å². The van der Waals surface area contributed by atoms with Crippen molar-refractivity contribution in [1.82, 2.24) is 10.4 Å². The lowest BCUT2D eigenvalue weighted by molar-refractivity contribution is -0.138. The van der Waals surface area contributed by atoms with E-state index in [1.165, 1.54) is 16.8 Å². The van der Waals surface area contributed by atoms with Crippen LogP contribution >= 0.6 is 11.8 Å². The van der Waals surface area contributed by atoms with Gasteiger partial charge in [0.1, 0.15) is 13.2 Å². The number of aliphatic carboxylic acids is 1. The number of hydrogen-bond donors (Lipinski definition) is 2. The summed E-state index contributed by atoms with van der Waals surface area (Å²) in [5, 5.41) is 10.2. The van der Waals surface area contributed by atoms with Crippen LogP contribution < -0.4 is 5.43 Å². The van der Waals surface area contributed by atoms with Gasteiger partial charge in [-0.05, 0) is 28.5 Å². The van der Waals surface area contributed by atoms with E-state index in [1.807, 2.05) is 42.7 Å². The number of hydrazine groups is 1. The van der Waals surface area contributed by atoms with Crippen LogP contribution in [0.5, 0.6) is 0 Å². The fraction of sp³-hybridized carbons (Fsp3) is 0.263. The van der Waals surface area contributed by atoms with Crippen molar-refractivity contribution in [2.75, 3.05) is 25.3 Å². The maximum atomic E-state index is 12.1. The predicted octanol–water partition coefficient (Wildman–Crippen LogP) is 3.15. The maximum Gasteiger partial charge on any atom is 0.421 e. The van der Waals surface area contributed by atoms with Crippen LogP contribution in [0.15, 0.2) is 48.5 Å². The monoisotopic (exact) mass is 372 g/mol. The highest BCUT2D eigenvalue weighted by Crippen LogP contribution is 2.44. The third kappa shape index (κ3) is 4.00. The molecule has 0 bridgehead atoms. The number of hydrogen-bond acceptors (Lipinski definition) is 5. The molecule has 3 rings (SSSR count). The van der Waals surface area contributed by atoms with Crippen molar-refractivity contribution in [2.45, 2.75) is 5.92 Å². The molecule has 0 spiro atoms. The van der Waals surface area contributed by atoms with E-state index >= 15 is 0 Å². The summed E-state index contributed by atoms with van der Waals surface area (Å²) >= 11 is 1.41. The number of thioether (sulfide) groups is 1. The minimum atomic E-state index is -1.02. The third-order valence-corrected chi connectivity index (χ3v) is 4.77. The van der Waals surface area contributed by atoms with Gasteiger partial charge in [-0.3, -0.25) is 10.2 Å². The molecule has 1 aliphatic rings. The first-order chi connectivity index (χ1) is 12.6. The van der Waals surface area contributed by atoms with Gasteiger partial charge in [0, 0.05) is 5.92 Å². The summed E-state index contributed by atoms with van der Waals surface area (Å²) in [5.74, 6) is -0.684. The summed E-state index contributed by atoms with van der Waals surface area (Å²) < 4.78 is 5.40. The van der Waals surface area contributed by atoms with E-state index in [2.05, 4.69) is 17.6 Å². The lowest BCUT2D eigenvalue weighted by Gasteiger charge is -2.21. The van der Waals surface area contributed by atoms with Gasteiger partial charge in [-0.1, -0.05) is 48.5 Å². The number of carbonyl (C=O) groups is 2. The molecule has 0 saturated heterocycles. The first kappa shape index (κ1) is 18.3. The Hall–Kier alpha value is -2.51. The lowest BCUT2D eigenvalue weighted by atomic mass is 9.98. The Morgan fingerprint density at radius 3 is 2.23 bits per heavy atom. The Bertz CT molecular complexity index is 766. The number of nitrogens with zero attached hydrogens (tertiary/aromatic N) is 1. The Labute approximate surface area is 156 Å². The number of nitrogens with one attached hydrogen (secondary N) is 1. The molecular weight excluding hydrogens is 352 g/mol. The molecule has 0 fully saturated rings. The standard InChI is InChI=1S/C19H20N2O4S/c1-26-12-21(10-18(22)23)20-19(24)25-11-17-15-8-4-2-6-13(15)14-7-3-5-9-16(14)17/h2-9,17H,10-12H2,1H3,(H,20,24)(H,22,23). The average Bonchev–Trinajstić information content (AvgIpc) is 2.94. The minimum Gasteiger partial charge on any atom is -0.480 e. The van der Waals surface area contributed by atoms with Crippen molar-refractivity contribution in [3.05, 3.63) is 59.7 Å². The van der Waals surface area contributed by atoms with E-state index < -0.39 is 12.1 Å². The van der Waals surface area contributed by atoms with Crippen LogP contribution in [0.3, 0.4) is 0 Å². The number of carboxylic acid groups (broad SMARTS) is 1. The van der Waals surface area contributed by atoms with Crippen LogP contribution in [0.1, 0.15) is 17.0 Å². The molecule has 0 atom stereocenters. The van der Waals surface area contributed by atoms with Crippen molar-refractivity contribution in [3.8, 4) is 11.1 Å². The molecule has 2 N–H and O–H groups in total. The van der Waals surface area contributed by atoms with Gasteiger partial charge in [-0.15, -0.1) is 11.8 Å². The summed E-state index contributed by atoms with van der Waals surface area (Å²) in [5.41, 5.74) is 7.08. The quantitative estimate of drug-likeness (QED) is 0.574. The van der Waals surface area contributed by atoms with Gasteiger partial charge < -0.3 is 9.84 Å². The van der Waals surface area contributed by atoms with E-state index in [-0.39, 0.29) is 19.1 Å². The molecule has 0 aliphatic heterocycles. The molecule has 0 saturated carbocycles. The van der Waals surface area contributed by atoms with Crippen LogP contribution in [0.4, 0.5) is 4.79 Å². The smallest absolute Gasteiger partial charge is 0.421 e. The van der Waals surface area contributed by atoms with Crippen molar-refractivity contribution in [3.63, 3.8) is 0 Å². The topological polar surface area (TPSA) is 78.9 Å². The molecule has 1 amide bonds. The summed E-state index contributed by atoms with van der Waals surface area (Å²) in [7, 11) is 0. The van der Waals surface area contributed by atoms with Gasteiger partial charge in [0.25, 0.3) is 0 Å². The zero-order valence-corrected chi connectivity index (χ0v) is 15.2.